The van der Waals surface area contributed by atoms with E-state index in [2.05, 4.69) is 0 Å². The molecular weight excluding hydrogens is 270 g/mol. The van der Waals surface area contributed by atoms with Crippen LogP contribution >= 0.6 is 0 Å². The number of ether oxygens (including phenoxy) is 2. The molecule has 0 heterocycles. The number of benzene rings is 2. The van der Waals surface area contributed by atoms with Crippen LogP contribution in [0.1, 0.15) is 23.7 Å². The average molecular weight is 287 g/mol. The number of hydrogen-bond donors (Lipinski definition) is 2. The van der Waals surface area contributed by atoms with Gasteiger partial charge in [-0.05, 0) is 30.7 Å². The van der Waals surface area contributed by atoms with Gasteiger partial charge in [0.1, 0.15) is 5.56 Å². The molecule has 0 saturated heterocycles. The van der Waals surface area contributed by atoms with Crippen molar-refractivity contribution in [2.24, 2.45) is 0 Å². The summed E-state index contributed by atoms with van der Waals surface area (Å²) in [6, 6.07) is 11.7. The van der Waals surface area contributed by atoms with Crippen LogP contribution in [0.4, 0.5) is 5.69 Å². The predicted molar refractivity (Wildman–Crippen MR) is 80.1 cm³/mol. The Morgan fingerprint density at radius 1 is 1.14 bits per heavy atom. The van der Waals surface area contributed by atoms with Crippen LogP contribution in [-0.2, 0) is 0 Å². The normalized spacial score (nSPS) is 10.1. The molecule has 3 N–H and O–H groups in total. The summed E-state index contributed by atoms with van der Waals surface area (Å²) < 4.78 is 11.3. The van der Waals surface area contributed by atoms with Gasteiger partial charge in [-0.15, -0.1) is 0 Å². The molecule has 0 fully saturated rings. The van der Waals surface area contributed by atoms with E-state index < -0.39 is 5.97 Å². The molecular formula is C16H17NO4. The quantitative estimate of drug-likeness (QED) is 0.794. The fraction of sp³-hybridized carbons (Fsp3) is 0.188. The Morgan fingerprint density at radius 3 is 2.52 bits per heavy atom. The number of aromatic carboxylic acids is 1. The SMILES string of the molecule is CCCOc1ccccc1Oc1c(N)cccc1C(=O)O. The van der Waals surface area contributed by atoms with E-state index in [1.165, 1.54) is 6.07 Å². The van der Waals surface area contributed by atoms with E-state index in [0.29, 0.717) is 18.1 Å². The second-order valence-corrected chi connectivity index (χ2v) is 4.43. The summed E-state index contributed by atoms with van der Waals surface area (Å²) >= 11 is 0. The molecule has 2 aromatic rings. The topological polar surface area (TPSA) is 81.8 Å². The molecule has 0 amide bonds. The number of carboxylic acids is 1. The van der Waals surface area contributed by atoms with Crippen molar-refractivity contribution in [3.05, 3.63) is 48.0 Å². The van der Waals surface area contributed by atoms with Crippen molar-refractivity contribution in [1.82, 2.24) is 0 Å². The second kappa shape index (κ2) is 6.65. The van der Waals surface area contributed by atoms with Crippen LogP contribution in [0.2, 0.25) is 0 Å². The van der Waals surface area contributed by atoms with E-state index in [0.717, 1.165) is 6.42 Å². The molecule has 110 valence electrons. The van der Waals surface area contributed by atoms with Crippen LogP contribution in [0.15, 0.2) is 42.5 Å². The molecule has 5 nitrogen and oxygen atoms in total. The minimum atomic E-state index is -1.09. The molecule has 21 heavy (non-hydrogen) atoms. The third kappa shape index (κ3) is 3.45. The predicted octanol–water partition coefficient (Wildman–Crippen LogP) is 3.55. The van der Waals surface area contributed by atoms with Gasteiger partial charge in [0.15, 0.2) is 17.2 Å². The largest absolute Gasteiger partial charge is 0.490 e. The molecule has 5 heteroatoms. The number of hydrogen-bond acceptors (Lipinski definition) is 4. The molecule has 0 atom stereocenters. The van der Waals surface area contributed by atoms with E-state index >= 15 is 0 Å². The fourth-order valence-electron chi connectivity index (χ4n) is 1.81. The van der Waals surface area contributed by atoms with Crippen molar-refractivity contribution in [1.29, 1.82) is 0 Å². The Balaban J connectivity index is 2.37. The van der Waals surface area contributed by atoms with E-state index in [4.69, 9.17) is 15.2 Å². The lowest BCUT2D eigenvalue weighted by Crippen LogP contribution is -2.04. The Labute approximate surface area is 122 Å². The maximum absolute atomic E-state index is 11.3. The van der Waals surface area contributed by atoms with Gasteiger partial charge in [0, 0.05) is 0 Å². The third-order valence-corrected chi connectivity index (χ3v) is 2.80. The van der Waals surface area contributed by atoms with E-state index in [1.807, 2.05) is 13.0 Å². The summed E-state index contributed by atoms with van der Waals surface area (Å²) in [6.07, 6.45) is 0.863. The maximum Gasteiger partial charge on any atom is 0.339 e. The summed E-state index contributed by atoms with van der Waals surface area (Å²) in [5.74, 6) is 0.0205. The molecule has 0 radical (unpaired) electrons. The van der Waals surface area contributed by atoms with Crippen molar-refractivity contribution >= 4 is 11.7 Å². The highest BCUT2D eigenvalue weighted by atomic mass is 16.5. The summed E-state index contributed by atoms with van der Waals surface area (Å²) in [6.45, 7) is 2.55. The maximum atomic E-state index is 11.3. The minimum Gasteiger partial charge on any atom is -0.490 e. The minimum absolute atomic E-state index is 0.0142. The molecule has 0 aliphatic rings. The standard InChI is InChI=1S/C16H17NO4/c1-2-10-20-13-8-3-4-9-14(13)21-15-11(16(18)19)6-5-7-12(15)17/h3-9H,2,10,17H2,1H3,(H,18,19). The van der Waals surface area contributed by atoms with E-state index in [1.54, 1.807) is 30.3 Å². The fourth-order valence-corrected chi connectivity index (χ4v) is 1.81. The van der Waals surface area contributed by atoms with Crippen molar-refractivity contribution < 1.29 is 19.4 Å². The first-order valence-electron chi connectivity index (χ1n) is 6.65. The van der Waals surface area contributed by atoms with Crippen molar-refractivity contribution in [2.75, 3.05) is 12.3 Å². The zero-order chi connectivity index (χ0) is 15.2. The lowest BCUT2D eigenvalue weighted by atomic mass is 10.1. The van der Waals surface area contributed by atoms with Gasteiger partial charge in [0.2, 0.25) is 0 Å². The monoisotopic (exact) mass is 287 g/mol. The van der Waals surface area contributed by atoms with Crippen LogP contribution < -0.4 is 15.2 Å². The molecule has 0 saturated carbocycles. The van der Waals surface area contributed by atoms with Crippen LogP contribution in [-0.4, -0.2) is 17.7 Å². The van der Waals surface area contributed by atoms with Crippen LogP contribution in [0.25, 0.3) is 0 Å². The number of carbonyl (C=O) groups is 1. The summed E-state index contributed by atoms with van der Waals surface area (Å²) in [5.41, 5.74) is 6.11. The first-order chi connectivity index (χ1) is 10.1. The summed E-state index contributed by atoms with van der Waals surface area (Å²) in [4.78, 5) is 11.3. The highest BCUT2D eigenvalue weighted by Gasteiger charge is 2.16. The van der Waals surface area contributed by atoms with Gasteiger partial charge in [-0.25, -0.2) is 4.79 Å². The van der Waals surface area contributed by atoms with Gasteiger partial charge < -0.3 is 20.3 Å². The Hall–Kier alpha value is -2.69. The highest BCUT2D eigenvalue weighted by molar-refractivity contribution is 5.93. The molecule has 2 rings (SSSR count). The Morgan fingerprint density at radius 2 is 1.86 bits per heavy atom. The van der Waals surface area contributed by atoms with Gasteiger partial charge in [-0.3, -0.25) is 0 Å². The number of nitrogens with two attached hydrogens (primary N) is 1. The van der Waals surface area contributed by atoms with Crippen molar-refractivity contribution in [3.63, 3.8) is 0 Å². The molecule has 0 spiro atoms. The second-order valence-electron chi connectivity index (χ2n) is 4.43. The molecule has 0 bridgehead atoms. The lowest BCUT2D eigenvalue weighted by molar-refractivity contribution is 0.0694. The van der Waals surface area contributed by atoms with Crippen LogP contribution in [0.3, 0.4) is 0 Å². The number of rotatable bonds is 6. The van der Waals surface area contributed by atoms with Gasteiger partial charge in [-0.1, -0.05) is 25.1 Å². The Bertz CT molecular complexity index is 640. The molecule has 0 unspecified atom stereocenters. The third-order valence-electron chi connectivity index (χ3n) is 2.80. The van der Waals surface area contributed by atoms with Crippen LogP contribution in [0.5, 0.6) is 17.2 Å². The zero-order valence-electron chi connectivity index (χ0n) is 11.7. The number of nitrogen functional groups attached to an aromatic ring is 1. The Kier molecular flexibility index (Phi) is 4.66. The zero-order valence-corrected chi connectivity index (χ0v) is 11.7. The van der Waals surface area contributed by atoms with Crippen LogP contribution in [0, 0.1) is 0 Å². The summed E-state index contributed by atoms with van der Waals surface area (Å²) in [7, 11) is 0. The highest BCUT2D eigenvalue weighted by Crippen LogP contribution is 2.36. The van der Waals surface area contributed by atoms with Gasteiger partial charge in [0.05, 0.1) is 12.3 Å². The molecule has 2 aromatic carbocycles. The lowest BCUT2D eigenvalue weighted by Gasteiger charge is -2.14. The molecule has 0 aromatic heterocycles. The van der Waals surface area contributed by atoms with Crippen molar-refractivity contribution in [2.45, 2.75) is 13.3 Å². The summed E-state index contributed by atoms with van der Waals surface area (Å²) in [5, 5.41) is 9.21. The van der Waals surface area contributed by atoms with Crippen molar-refractivity contribution in [3.8, 4) is 17.2 Å². The van der Waals surface area contributed by atoms with Gasteiger partial charge in [0.25, 0.3) is 0 Å². The smallest absolute Gasteiger partial charge is 0.339 e. The number of anilines is 1. The first-order valence-corrected chi connectivity index (χ1v) is 6.65. The van der Waals surface area contributed by atoms with Gasteiger partial charge >= 0.3 is 5.97 Å². The number of para-hydroxylation sites is 3. The first kappa shape index (κ1) is 14.7. The molecule has 0 aliphatic heterocycles. The number of carboxylic acid groups (broad SMARTS) is 1. The average Bonchev–Trinajstić information content (AvgIpc) is 2.48. The molecule has 0 aliphatic carbocycles. The van der Waals surface area contributed by atoms with E-state index in [-0.39, 0.29) is 17.0 Å². The van der Waals surface area contributed by atoms with Gasteiger partial charge in [-0.2, -0.15) is 0 Å². The van der Waals surface area contributed by atoms with E-state index in [9.17, 15) is 9.90 Å².